The van der Waals surface area contributed by atoms with Crippen LogP contribution in [0.15, 0.2) is 18.2 Å². The second-order valence-corrected chi connectivity index (χ2v) is 5.64. The lowest BCUT2D eigenvalue weighted by Crippen LogP contribution is -2.21. The first-order valence-corrected chi connectivity index (χ1v) is 7.56. The highest BCUT2D eigenvalue weighted by atomic mass is 16.6. The van der Waals surface area contributed by atoms with E-state index in [1.807, 2.05) is 0 Å². The second-order valence-electron chi connectivity index (χ2n) is 5.64. The molecule has 1 heterocycles. The van der Waals surface area contributed by atoms with Crippen LogP contribution in [0.4, 0.5) is 17.1 Å². The quantitative estimate of drug-likeness (QED) is 0.636. The maximum absolute atomic E-state index is 12.3. The minimum Gasteiger partial charge on any atom is -0.326 e. The number of nitrogens with one attached hydrogen (secondary N) is 2. The van der Waals surface area contributed by atoms with E-state index in [1.165, 1.54) is 18.5 Å². The smallest absolute Gasteiger partial charge is 0.312 e. The van der Waals surface area contributed by atoms with E-state index < -0.39 is 4.92 Å². The van der Waals surface area contributed by atoms with E-state index >= 15 is 0 Å². The zero-order valence-corrected chi connectivity index (χ0v) is 14.4. The number of aryl methyl sites for hydroxylation is 1. The Morgan fingerprint density at radius 2 is 1.80 bits per heavy atom. The van der Waals surface area contributed by atoms with Crippen LogP contribution in [0.25, 0.3) is 0 Å². The number of aromatic nitrogens is 2. The van der Waals surface area contributed by atoms with Crippen molar-refractivity contribution < 1.29 is 14.5 Å². The summed E-state index contributed by atoms with van der Waals surface area (Å²) in [5.74, 6) is -0.579. The third-order valence-electron chi connectivity index (χ3n) is 3.74. The Hall–Kier alpha value is -3.23. The number of hydrogen-bond donors (Lipinski definition) is 2. The van der Waals surface area contributed by atoms with Gasteiger partial charge in [0.2, 0.25) is 11.8 Å². The van der Waals surface area contributed by atoms with Crippen LogP contribution in [0.2, 0.25) is 0 Å². The van der Waals surface area contributed by atoms with Crippen molar-refractivity contribution in [2.45, 2.75) is 34.2 Å². The molecule has 0 aliphatic heterocycles. The molecule has 0 fully saturated rings. The number of hydrogen-bond acceptors (Lipinski definition) is 5. The molecule has 1 aromatic heterocycles. The normalized spacial score (nSPS) is 10.4. The summed E-state index contributed by atoms with van der Waals surface area (Å²) in [5, 5.41) is 20.5. The lowest BCUT2D eigenvalue weighted by Gasteiger charge is -2.13. The van der Waals surface area contributed by atoms with Crippen LogP contribution >= 0.6 is 0 Å². The van der Waals surface area contributed by atoms with Gasteiger partial charge in [-0.2, -0.15) is 5.10 Å². The van der Waals surface area contributed by atoms with Gasteiger partial charge in [0, 0.05) is 18.3 Å². The third kappa shape index (κ3) is 4.00. The van der Waals surface area contributed by atoms with E-state index in [4.69, 9.17) is 0 Å². The molecule has 0 spiro atoms. The molecular weight excluding hydrogens is 326 g/mol. The van der Waals surface area contributed by atoms with Crippen molar-refractivity contribution in [3.63, 3.8) is 0 Å². The van der Waals surface area contributed by atoms with Crippen LogP contribution in [-0.4, -0.2) is 26.5 Å². The van der Waals surface area contributed by atoms with Crippen molar-refractivity contribution in [3.05, 3.63) is 45.3 Å². The highest BCUT2D eigenvalue weighted by molar-refractivity contribution is 5.95. The van der Waals surface area contributed by atoms with Crippen LogP contribution in [0, 0.1) is 30.9 Å². The predicted octanol–water partition coefficient (Wildman–Crippen LogP) is 2.31. The Balaban J connectivity index is 2.18. The van der Waals surface area contributed by atoms with E-state index in [0.29, 0.717) is 22.6 Å². The standard InChI is InChI=1S/C16H19N5O4/c1-9-13(17-12(4)22)6-5-7-14(9)18-15(23)8-20-11(3)16(21(24)25)10(2)19-20/h5-7H,8H2,1-4H3,(H,17,22)(H,18,23). The third-order valence-corrected chi connectivity index (χ3v) is 3.74. The van der Waals surface area contributed by atoms with Gasteiger partial charge in [-0.1, -0.05) is 6.07 Å². The average Bonchev–Trinajstić information content (AvgIpc) is 2.77. The summed E-state index contributed by atoms with van der Waals surface area (Å²) in [5.41, 5.74) is 2.36. The van der Waals surface area contributed by atoms with Crippen molar-refractivity contribution in [2.24, 2.45) is 0 Å². The molecule has 0 saturated carbocycles. The first kappa shape index (κ1) is 18.1. The fourth-order valence-electron chi connectivity index (χ4n) is 2.53. The zero-order valence-electron chi connectivity index (χ0n) is 14.4. The van der Waals surface area contributed by atoms with E-state index in [1.54, 1.807) is 32.0 Å². The molecule has 132 valence electrons. The lowest BCUT2D eigenvalue weighted by atomic mass is 10.1. The Morgan fingerprint density at radius 3 is 2.32 bits per heavy atom. The van der Waals surface area contributed by atoms with Gasteiger partial charge >= 0.3 is 5.69 Å². The first-order valence-electron chi connectivity index (χ1n) is 7.56. The van der Waals surface area contributed by atoms with Crippen LogP contribution in [0.1, 0.15) is 23.9 Å². The lowest BCUT2D eigenvalue weighted by molar-refractivity contribution is -0.386. The highest BCUT2D eigenvalue weighted by Crippen LogP contribution is 2.24. The van der Waals surface area contributed by atoms with Crippen LogP contribution < -0.4 is 10.6 Å². The minimum atomic E-state index is -0.507. The molecule has 9 heteroatoms. The van der Waals surface area contributed by atoms with Gasteiger partial charge in [-0.3, -0.25) is 24.4 Å². The fourth-order valence-corrected chi connectivity index (χ4v) is 2.53. The molecule has 0 bridgehead atoms. The molecule has 9 nitrogen and oxygen atoms in total. The van der Waals surface area contributed by atoms with Gasteiger partial charge in [0.05, 0.1) is 4.92 Å². The molecular formula is C16H19N5O4. The van der Waals surface area contributed by atoms with Crippen LogP contribution in [0.5, 0.6) is 0 Å². The SMILES string of the molecule is CC(=O)Nc1cccc(NC(=O)Cn2nc(C)c([N+](=O)[O-])c2C)c1C. The summed E-state index contributed by atoms with van der Waals surface area (Å²) in [7, 11) is 0. The molecule has 2 amide bonds. The summed E-state index contributed by atoms with van der Waals surface area (Å²) in [6.07, 6.45) is 0. The topological polar surface area (TPSA) is 119 Å². The van der Waals surface area contributed by atoms with Crippen LogP contribution in [-0.2, 0) is 16.1 Å². The maximum atomic E-state index is 12.3. The van der Waals surface area contributed by atoms with E-state index in [-0.39, 0.29) is 29.7 Å². The van der Waals surface area contributed by atoms with Crippen LogP contribution in [0.3, 0.4) is 0 Å². The number of nitro groups is 1. The van der Waals surface area contributed by atoms with Crippen molar-refractivity contribution >= 4 is 28.9 Å². The number of rotatable bonds is 5. The maximum Gasteiger partial charge on any atom is 0.312 e. The molecule has 1 aromatic carbocycles. The Labute approximate surface area is 144 Å². The molecule has 25 heavy (non-hydrogen) atoms. The molecule has 2 rings (SSSR count). The first-order chi connectivity index (χ1) is 11.7. The van der Waals surface area contributed by atoms with Crippen molar-refractivity contribution in [3.8, 4) is 0 Å². The number of benzene rings is 1. The van der Waals surface area contributed by atoms with Gasteiger partial charge in [0.1, 0.15) is 17.9 Å². The molecule has 2 N–H and O–H groups in total. The van der Waals surface area contributed by atoms with Gasteiger partial charge in [0.25, 0.3) is 0 Å². The zero-order chi connectivity index (χ0) is 18.7. The number of amides is 2. The predicted molar refractivity (Wildman–Crippen MR) is 92.5 cm³/mol. The number of anilines is 2. The fraction of sp³-hybridized carbons (Fsp3) is 0.312. The van der Waals surface area contributed by atoms with Crippen molar-refractivity contribution in [1.29, 1.82) is 0 Å². The Bertz CT molecular complexity index is 856. The summed E-state index contributed by atoms with van der Waals surface area (Å²) in [6.45, 7) is 6.11. The van der Waals surface area contributed by atoms with E-state index in [9.17, 15) is 19.7 Å². The summed E-state index contributed by atoms with van der Waals surface area (Å²) < 4.78 is 1.30. The molecule has 0 saturated heterocycles. The molecule has 2 aromatic rings. The summed E-state index contributed by atoms with van der Waals surface area (Å²) >= 11 is 0. The average molecular weight is 345 g/mol. The largest absolute Gasteiger partial charge is 0.326 e. The summed E-state index contributed by atoms with van der Waals surface area (Å²) in [6, 6.07) is 5.15. The Morgan fingerprint density at radius 1 is 1.20 bits per heavy atom. The van der Waals surface area contributed by atoms with Gasteiger partial charge in [-0.15, -0.1) is 0 Å². The van der Waals surface area contributed by atoms with Gasteiger partial charge in [-0.05, 0) is 38.5 Å². The molecule has 0 aliphatic rings. The number of carbonyl (C=O) groups is 2. The van der Waals surface area contributed by atoms with Crippen molar-refractivity contribution in [2.75, 3.05) is 10.6 Å². The number of nitrogens with zero attached hydrogens (tertiary/aromatic N) is 3. The van der Waals surface area contributed by atoms with E-state index in [0.717, 1.165) is 0 Å². The molecule has 0 atom stereocenters. The Kier molecular flexibility index (Phi) is 5.16. The van der Waals surface area contributed by atoms with Gasteiger partial charge in [0.15, 0.2) is 0 Å². The second kappa shape index (κ2) is 7.12. The van der Waals surface area contributed by atoms with Gasteiger partial charge in [-0.25, -0.2) is 0 Å². The minimum absolute atomic E-state index is 0.0864. The summed E-state index contributed by atoms with van der Waals surface area (Å²) in [4.78, 5) is 34.0. The molecule has 0 radical (unpaired) electrons. The molecule has 0 unspecified atom stereocenters. The van der Waals surface area contributed by atoms with Gasteiger partial charge < -0.3 is 10.6 Å². The van der Waals surface area contributed by atoms with E-state index in [2.05, 4.69) is 15.7 Å². The van der Waals surface area contributed by atoms with Crippen molar-refractivity contribution in [1.82, 2.24) is 9.78 Å². The monoisotopic (exact) mass is 345 g/mol. The number of carbonyl (C=O) groups excluding carboxylic acids is 2. The highest BCUT2D eigenvalue weighted by Gasteiger charge is 2.22. The molecule has 0 aliphatic carbocycles.